The first-order valence-electron chi connectivity index (χ1n) is 9.88. The Morgan fingerprint density at radius 1 is 1.07 bits per heavy atom. The first-order chi connectivity index (χ1) is 12.6. The van der Waals surface area contributed by atoms with Crippen molar-refractivity contribution in [2.75, 3.05) is 6.61 Å². The molecule has 0 bridgehead atoms. The first-order valence-corrected chi connectivity index (χ1v) is 14.5. The van der Waals surface area contributed by atoms with Gasteiger partial charge in [-0.3, -0.25) is 0 Å². The van der Waals surface area contributed by atoms with Crippen LogP contribution in [-0.4, -0.2) is 52.7 Å². The monoisotopic (exact) mass is 474 g/mol. The van der Waals surface area contributed by atoms with Gasteiger partial charge in [0.15, 0.2) is 0 Å². The normalized spacial score (nSPS) is 16.4. The molecule has 0 heterocycles. The maximum absolute atomic E-state index is 13.0. The molecule has 0 aromatic heterocycles. The zero-order chi connectivity index (χ0) is 21.8. The van der Waals surface area contributed by atoms with Gasteiger partial charge in [-0.15, -0.1) is 0 Å². The summed E-state index contributed by atoms with van der Waals surface area (Å²) in [7, 11) is -1.89. The molecule has 28 heavy (non-hydrogen) atoms. The van der Waals surface area contributed by atoms with Crippen molar-refractivity contribution in [3.05, 3.63) is 30.3 Å². The summed E-state index contributed by atoms with van der Waals surface area (Å²) in [6, 6.07) is 9.87. The summed E-state index contributed by atoms with van der Waals surface area (Å²) in [5.74, 6) is -0.344. The van der Waals surface area contributed by atoms with Crippen LogP contribution in [0.5, 0.6) is 0 Å². The summed E-state index contributed by atoms with van der Waals surface area (Å²) >= 11 is -0.271. The third-order valence-electron chi connectivity index (χ3n) is 5.17. The SMILES string of the molecule is CC(C)(C)OC(=O)[C@](C)([Se]c1ccccc1)[C@@H](O)CCO[Si](C)(C)C(C)(C)C. The van der Waals surface area contributed by atoms with Gasteiger partial charge in [-0.25, -0.2) is 0 Å². The fraction of sp³-hybridized carbons (Fsp3) is 0.682. The number of carbonyl (C=O) groups is 1. The predicted octanol–water partition coefficient (Wildman–Crippen LogP) is 4.31. The van der Waals surface area contributed by atoms with E-state index in [4.69, 9.17) is 9.16 Å². The van der Waals surface area contributed by atoms with Crippen LogP contribution in [0.25, 0.3) is 0 Å². The summed E-state index contributed by atoms with van der Waals surface area (Å²) in [4.78, 5) is 13.0. The average molecular weight is 474 g/mol. The van der Waals surface area contributed by atoms with Crippen LogP contribution >= 0.6 is 0 Å². The van der Waals surface area contributed by atoms with E-state index in [2.05, 4.69) is 33.9 Å². The van der Waals surface area contributed by atoms with Gasteiger partial charge in [-0.05, 0) is 0 Å². The predicted molar refractivity (Wildman–Crippen MR) is 120 cm³/mol. The molecule has 0 spiro atoms. The number of ether oxygens (including phenoxy) is 1. The molecule has 0 fully saturated rings. The number of esters is 1. The molecule has 1 rings (SSSR count). The standard InChI is InChI=1S/C22H38O4SeSi/c1-20(2,3)26-19(24)22(7,27-17-13-11-10-12-14-17)18(23)15-16-25-28(8,9)21(4,5)6/h10-14,18,23H,15-16H2,1-9H3/t18-,22+/m0/s1. The Morgan fingerprint density at radius 2 is 1.61 bits per heavy atom. The minimum absolute atomic E-state index is 0.112. The Hall–Kier alpha value is -0.654. The molecule has 1 N–H and O–H groups in total. The van der Waals surface area contributed by atoms with E-state index in [0.29, 0.717) is 13.0 Å². The third-order valence-corrected chi connectivity index (χ3v) is 12.6. The Kier molecular flexibility index (Phi) is 8.56. The van der Waals surface area contributed by atoms with E-state index in [1.807, 2.05) is 58.0 Å². The molecule has 0 radical (unpaired) electrons. The molecular formula is C22H38O4SeSi. The second kappa shape index (κ2) is 9.44. The third kappa shape index (κ3) is 7.31. The van der Waals surface area contributed by atoms with Gasteiger partial charge >= 0.3 is 179 Å². The van der Waals surface area contributed by atoms with Crippen LogP contribution in [0.2, 0.25) is 22.4 Å². The Morgan fingerprint density at radius 3 is 2.07 bits per heavy atom. The van der Waals surface area contributed by atoms with Crippen LogP contribution < -0.4 is 4.46 Å². The van der Waals surface area contributed by atoms with Gasteiger partial charge < -0.3 is 0 Å². The number of benzene rings is 1. The van der Waals surface area contributed by atoms with Crippen LogP contribution in [-0.2, 0) is 14.0 Å². The fourth-order valence-electron chi connectivity index (χ4n) is 2.28. The van der Waals surface area contributed by atoms with Gasteiger partial charge in [0, 0.05) is 0 Å². The molecule has 2 atom stereocenters. The molecule has 1 aromatic rings. The van der Waals surface area contributed by atoms with Crippen LogP contribution in [0.4, 0.5) is 0 Å². The number of aliphatic hydroxyl groups excluding tert-OH is 1. The quantitative estimate of drug-likeness (QED) is 0.452. The topological polar surface area (TPSA) is 55.8 Å². The Labute approximate surface area is 178 Å². The van der Waals surface area contributed by atoms with E-state index in [1.165, 1.54) is 0 Å². The van der Waals surface area contributed by atoms with Crippen molar-refractivity contribution in [1.82, 2.24) is 0 Å². The van der Waals surface area contributed by atoms with E-state index < -0.39 is 24.3 Å². The zero-order valence-electron chi connectivity index (χ0n) is 19.0. The van der Waals surface area contributed by atoms with Crippen LogP contribution in [0.15, 0.2) is 30.3 Å². The molecule has 6 heteroatoms. The van der Waals surface area contributed by atoms with Gasteiger partial charge in [0.25, 0.3) is 0 Å². The molecule has 0 unspecified atom stereocenters. The van der Waals surface area contributed by atoms with Crippen molar-refractivity contribution in [2.45, 2.75) is 89.0 Å². The second-order valence-electron chi connectivity index (χ2n) is 9.94. The molecule has 0 aliphatic rings. The van der Waals surface area contributed by atoms with Crippen molar-refractivity contribution >= 4 is 33.7 Å². The molecule has 0 saturated heterocycles. The summed E-state index contributed by atoms with van der Waals surface area (Å²) in [5.41, 5.74) is -0.595. The first kappa shape index (κ1) is 25.4. The van der Waals surface area contributed by atoms with Crippen LogP contribution in [0.1, 0.15) is 54.9 Å². The molecule has 160 valence electrons. The van der Waals surface area contributed by atoms with Crippen molar-refractivity contribution in [2.24, 2.45) is 0 Å². The number of hydrogen-bond acceptors (Lipinski definition) is 4. The van der Waals surface area contributed by atoms with Crippen LogP contribution in [0.3, 0.4) is 0 Å². The molecule has 0 amide bonds. The number of carbonyl (C=O) groups excluding carboxylic acids is 1. The molecule has 0 saturated carbocycles. The summed E-state index contributed by atoms with van der Waals surface area (Å²) in [5, 5.41) is 11.2. The van der Waals surface area contributed by atoms with Gasteiger partial charge in [0.05, 0.1) is 0 Å². The van der Waals surface area contributed by atoms with Gasteiger partial charge in [0.2, 0.25) is 0 Å². The molecule has 0 aliphatic carbocycles. The number of rotatable bonds is 8. The summed E-state index contributed by atoms with van der Waals surface area (Å²) in [6.07, 6.45) is -0.413. The number of aliphatic hydroxyl groups is 1. The molecule has 1 aromatic carbocycles. The van der Waals surface area contributed by atoms with Crippen molar-refractivity contribution < 1.29 is 19.1 Å². The summed E-state index contributed by atoms with van der Waals surface area (Å²) in [6.45, 7) is 18.8. The molecule has 0 aliphatic heterocycles. The molecule has 4 nitrogen and oxygen atoms in total. The van der Waals surface area contributed by atoms with E-state index >= 15 is 0 Å². The second-order valence-corrected chi connectivity index (χ2v) is 17.9. The summed E-state index contributed by atoms with van der Waals surface area (Å²) < 4.78 is 12.0. The van der Waals surface area contributed by atoms with Gasteiger partial charge in [-0.2, -0.15) is 0 Å². The minimum atomic E-state index is -1.89. The van der Waals surface area contributed by atoms with Gasteiger partial charge in [0.1, 0.15) is 0 Å². The maximum atomic E-state index is 13.0. The van der Waals surface area contributed by atoms with Crippen molar-refractivity contribution in [1.29, 1.82) is 0 Å². The van der Waals surface area contributed by atoms with Crippen molar-refractivity contribution in [3.63, 3.8) is 0 Å². The van der Waals surface area contributed by atoms with Crippen LogP contribution in [0, 0.1) is 0 Å². The Bertz CT molecular complexity index is 634. The number of hydrogen-bond donors (Lipinski definition) is 1. The fourth-order valence-corrected chi connectivity index (χ4v) is 5.77. The molecular weight excluding hydrogens is 435 g/mol. The zero-order valence-corrected chi connectivity index (χ0v) is 21.7. The van der Waals surface area contributed by atoms with Gasteiger partial charge in [-0.1, -0.05) is 0 Å². The van der Waals surface area contributed by atoms with E-state index in [0.717, 1.165) is 4.46 Å². The van der Waals surface area contributed by atoms with E-state index in [-0.39, 0.29) is 26.0 Å². The van der Waals surface area contributed by atoms with E-state index in [9.17, 15) is 9.90 Å². The Balaban J connectivity index is 2.96. The van der Waals surface area contributed by atoms with Crippen molar-refractivity contribution in [3.8, 4) is 0 Å². The average Bonchev–Trinajstić information content (AvgIpc) is 2.52. The van der Waals surface area contributed by atoms with E-state index in [1.54, 1.807) is 0 Å².